The fourth-order valence-corrected chi connectivity index (χ4v) is 5.37. The molecule has 0 radical (unpaired) electrons. The molecular weight excluding hydrogens is 589 g/mol. The van der Waals surface area contributed by atoms with Crippen molar-refractivity contribution in [1.82, 2.24) is 9.97 Å². The van der Waals surface area contributed by atoms with Crippen LogP contribution in [0.4, 0.5) is 22.7 Å². The number of hydrogen-bond acceptors (Lipinski definition) is 6. The number of pyridine rings is 2. The highest BCUT2D eigenvalue weighted by Crippen LogP contribution is 2.30. The summed E-state index contributed by atoms with van der Waals surface area (Å²) in [6, 6.07) is 28.6. The maximum atomic E-state index is 5.00. The van der Waals surface area contributed by atoms with Crippen molar-refractivity contribution in [2.24, 2.45) is 20.0 Å². The van der Waals surface area contributed by atoms with Crippen molar-refractivity contribution < 1.29 is 0 Å². The predicted molar refractivity (Wildman–Crippen MR) is 204 cm³/mol. The molecule has 0 saturated heterocycles. The molecule has 2 aromatic heterocycles. The van der Waals surface area contributed by atoms with Gasteiger partial charge in [-0.15, -0.1) is 0 Å². The number of aromatic nitrogens is 2. The van der Waals surface area contributed by atoms with Crippen LogP contribution in [-0.2, 0) is 0 Å². The van der Waals surface area contributed by atoms with Crippen LogP contribution >= 0.6 is 0 Å². The Labute approximate surface area is 285 Å². The zero-order valence-corrected chi connectivity index (χ0v) is 29.8. The average Bonchev–Trinajstić information content (AvgIpc) is 3.07. The molecule has 6 heteroatoms. The van der Waals surface area contributed by atoms with Crippen molar-refractivity contribution in [3.8, 4) is 0 Å². The molecule has 0 N–H and O–H groups in total. The fourth-order valence-electron chi connectivity index (χ4n) is 5.37. The molecule has 2 heterocycles. The van der Waals surface area contributed by atoms with Crippen LogP contribution < -0.4 is 0 Å². The third-order valence-corrected chi connectivity index (χ3v) is 8.80. The zero-order chi connectivity index (χ0) is 34.5. The fraction of sp³-hybridized carbons (Fsp3) is 0.238. The molecule has 0 saturated carbocycles. The number of aliphatic imine (C=N–C) groups is 4. The molecule has 5 aromatic rings. The lowest BCUT2D eigenvalue weighted by Crippen LogP contribution is -2.05. The van der Waals surface area contributed by atoms with Gasteiger partial charge in [-0.1, -0.05) is 36.4 Å². The first kappa shape index (κ1) is 34.0. The predicted octanol–water partition coefficient (Wildman–Crippen LogP) is 10.9. The first-order valence-electron chi connectivity index (χ1n) is 16.3. The van der Waals surface area contributed by atoms with Crippen LogP contribution in [0.3, 0.4) is 0 Å². The van der Waals surface area contributed by atoms with Gasteiger partial charge in [0.25, 0.3) is 0 Å². The van der Waals surface area contributed by atoms with Gasteiger partial charge in [-0.3, -0.25) is 20.0 Å². The topological polar surface area (TPSA) is 75.2 Å². The van der Waals surface area contributed by atoms with Crippen molar-refractivity contribution >= 4 is 45.6 Å². The van der Waals surface area contributed by atoms with Crippen LogP contribution in [-0.4, -0.2) is 32.8 Å². The van der Waals surface area contributed by atoms with Crippen LogP contribution in [0.25, 0.3) is 0 Å². The summed E-state index contributed by atoms with van der Waals surface area (Å²) < 4.78 is 0. The third kappa shape index (κ3) is 7.77. The summed E-state index contributed by atoms with van der Waals surface area (Å²) in [5, 5.41) is 0. The summed E-state index contributed by atoms with van der Waals surface area (Å²) in [6.45, 7) is 20.5. The van der Waals surface area contributed by atoms with Gasteiger partial charge < -0.3 is 0 Å². The van der Waals surface area contributed by atoms with E-state index in [2.05, 4.69) is 65.8 Å². The van der Waals surface area contributed by atoms with E-state index in [9.17, 15) is 0 Å². The SMILES string of the molecule is CC(=Nc1cc(C)c(N=C(C)c2cccc(C(C)=Nc3cccc(C)c3C)n2)cc1C)c1cccc(C(C)=Nc2cccc(C)c2C)n1. The molecule has 5 rings (SSSR count). The zero-order valence-electron chi connectivity index (χ0n) is 29.8. The highest BCUT2D eigenvalue weighted by atomic mass is 14.9. The van der Waals surface area contributed by atoms with E-state index in [1.807, 2.05) is 88.4 Å². The largest absolute Gasteiger partial charge is 0.251 e. The lowest BCUT2D eigenvalue weighted by molar-refractivity contribution is 1.22. The molecule has 0 aliphatic rings. The van der Waals surface area contributed by atoms with Crippen LogP contribution in [0.2, 0.25) is 0 Å². The summed E-state index contributed by atoms with van der Waals surface area (Å²) in [5.74, 6) is 0. The first-order valence-corrected chi connectivity index (χ1v) is 16.3. The highest BCUT2D eigenvalue weighted by Gasteiger charge is 2.11. The Balaban J connectivity index is 1.38. The minimum atomic E-state index is 0.820. The van der Waals surface area contributed by atoms with E-state index in [0.29, 0.717) is 0 Å². The second kappa shape index (κ2) is 14.6. The molecule has 242 valence electrons. The molecule has 3 aromatic carbocycles. The standard InChI is InChI=1S/C42H44N6/c1-25-15-11-17-35(29(25)5)43-31(7)37-19-13-21-39(47-37)33(9)45-41-23-28(4)42(24-27(41)3)46-34(10)40-22-14-20-38(48-40)32(8)44-36-18-12-16-26(2)30(36)6/h11-24H,1-10H3. The van der Waals surface area contributed by atoms with Gasteiger partial charge in [0.1, 0.15) is 0 Å². The van der Waals surface area contributed by atoms with E-state index < -0.39 is 0 Å². The van der Waals surface area contributed by atoms with Crippen molar-refractivity contribution in [2.75, 3.05) is 0 Å². The lowest BCUT2D eigenvalue weighted by atomic mass is 10.1. The molecule has 0 amide bonds. The smallest absolute Gasteiger partial charge is 0.0849 e. The monoisotopic (exact) mass is 632 g/mol. The number of aryl methyl sites for hydroxylation is 4. The van der Waals surface area contributed by atoms with E-state index in [0.717, 1.165) is 79.5 Å². The normalized spacial score (nSPS) is 12.9. The molecule has 6 nitrogen and oxygen atoms in total. The van der Waals surface area contributed by atoms with Crippen LogP contribution in [0.5, 0.6) is 0 Å². The number of nitrogens with zero attached hydrogens (tertiary/aromatic N) is 6. The number of hydrogen-bond donors (Lipinski definition) is 0. The minimum Gasteiger partial charge on any atom is -0.251 e. The molecule has 0 aliphatic heterocycles. The Bertz CT molecular complexity index is 1980. The highest BCUT2D eigenvalue weighted by molar-refractivity contribution is 6.03. The van der Waals surface area contributed by atoms with Crippen LogP contribution in [0.15, 0.2) is 105 Å². The van der Waals surface area contributed by atoms with Crippen molar-refractivity contribution in [2.45, 2.75) is 69.2 Å². The van der Waals surface area contributed by atoms with Crippen molar-refractivity contribution in [3.05, 3.63) is 141 Å². The molecule has 0 spiro atoms. The van der Waals surface area contributed by atoms with Gasteiger partial charge in [-0.25, -0.2) is 9.97 Å². The quantitative estimate of drug-likeness (QED) is 0.160. The van der Waals surface area contributed by atoms with Gasteiger partial charge >= 0.3 is 0 Å². The Hall–Kier alpha value is -5.36. The van der Waals surface area contributed by atoms with Gasteiger partial charge in [0.05, 0.1) is 68.4 Å². The maximum absolute atomic E-state index is 5.00. The number of benzene rings is 3. The van der Waals surface area contributed by atoms with E-state index in [4.69, 9.17) is 29.9 Å². The first-order chi connectivity index (χ1) is 22.9. The van der Waals surface area contributed by atoms with Gasteiger partial charge in [-0.05, 0) is 151 Å². The molecule has 0 unspecified atom stereocenters. The maximum Gasteiger partial charge on any atom is 0.0849 e. The molecule has 0 aliphatic carbocycles. The Morgan fingerprint density at radius 1 is 0.375 bits per heavy atom. The van der Waals surface area contributed by atoms with E-state index in [-0.39, 0.29) is 0 Å². The molecule has 0 bridgehead atoms. The second-order valence-electron chi connectivity index (χ2n) is 12.5. The molecule has 48 heavy (non-hydrogen) atoms. The summed E-state index contributed by atoms with van der Waals surface area (Å²) in [7, 11) is 0. The Kier molecular flexibility index (Phi) is 10.3. The molecule has 0 fully saturated rings. The van der Waals surface area contributed by atoms with Crippen LogP contribution in [0.1, 0.15) is 83.9 Å². The van der Waals surface area contributed by atoms with Gasteiger partial charge in [0.2, 0.25) is 0 Å². The van der Waals surface area contributed by atoms with Crippen molar-refractivity contribution in [1.29, 1.82) is 0 Å². The number of rotatable bonds is 8. The van der Waals surface area contributed by atoms with E-state index >= 15 is 0 Å². The summed E-state index contributed by atoms with van der Waals surface area (Å²) in [6.07, 6.45) is 0. The lowest BCUT2D eigenvalue weighted by Gasteiger charge is -2.10. The van der Waals surface area contributed by atoms with Crippen LogP contribution in [0, 0.1) is 41.5 Å². The summed E-state index contributed by atoms with van der Waals surface area (Å²) in [5.41, 5.74) is 17.3. The third-order valence-electron chi connectivity index (χ3n) is 8.80. The van der Waals surface area contributed by atoms with Crippen molar-refractivity contribution in [3.63, 3.8) is 0 Å². The Morgan fingerprint density at radius 2 is 0.667 bits per heavy atom. The average molecular weight is 633 g/mol. The molecule has 0 atom stereocenters. The van der Waals surface area contributed by atoms with E-state index in [1.54, 1.807) is 0 Å². The van der Waals surface area contributed by atoms with Gasteiger partial charge in [0, 0.05) is 0 Å². The Morgan fingerprint density at radius 3 is 1.00 bits per heavy atom. The molecular formula is C42H44N6. The minimum absolute atomic E-state index is 0.820. The van der Waals surface area contributed by atoms with E-state index in [1.165, 1.54) is 22.3 Å². The van der Waals surface area contributed by atoms with Gasteiger partial charge in [-0.2, -0.15) is 0 Å². The summed E-state index contributed by atoms with van der Waals surface area (Å²) in [4.78, 5) is 29.6. The van der Waals surface area contributed by atoms with Gasteiger partial charge in [0.15, 0.2) is 0 Å². The second-order valence-corrected chi connectivity index (χ2v) is 12.5. The summed E-state index contributed by atoms with van der Waals surface area (Å²) >= 11 is 0.